The minimum Gasteiger partial charge on any atom is -0.486 e. The van der Waals surface area contributed by atoms with Gasteiger partial charge in [0, 0.05) is 18.0 Å². The first-order valence-electron chi connectivity index (χ1n) is 9.95. The van der Waals surface area contributed by atoms with Gasteiger partial charge in [0.05, 0.1) is 17.4 Å². The Hall–Kier alpha value is -4.20. The highest BCUT2D eigenvalue weighted by Gasteiger charge is 2.14. The summed E-state index contributed by atoms with van der Waals surface area (Å²) in [5.41, 5.74) is 2.38. The van der Waals surface area contributed by atoms with E-state index in [1.807, 2.05) is 54.6 Å². The molecule has 5 aromatic rings. The van der Waals surface area contributed by atoms with E-state index < -0.39 is 0 Å². The molecular weight excluding hydrogens is 394 g/mol. The van der Waals surface area contributed by atoms with E-state index in [0.29, 0.717) is 48.0 Å². The van der Waals surface area contributed by atoms with Crippen LogP contribution in [0.2, 0.25) is 0 Å². The van der Waals surface area contributed by atoms with Crippen molar-refractivity contribution in [2.45, 2.75) is 6.54 Å². The molecule has 0 amide bonds. The second-order valence-corrected chi connectivity index (χ2v) is 7.30. The minimum absolute atomic E-state index is 0.140. The molecule has 1 aliphatic heterocycles. The predicted octanol–water partition coefficient (Wildman–Crippen LogP) is 2.93. The van der Waals surface area contributed by atoms with E-state index in [4.69, 9.17) is 9.47 Å². The smallest absolute Gasteiger partial charge is 0.261 e. The molecule has 8 nitrogen and oxygen atoms in total. The molecular formula is C23H17N5O3. The molecule has 0 saturated heterocycles. The lowest BCUT2D eigenvalue weighted by atomic mass is 10.2. The summed E-state index contributed by atoms with van der Waals surface area (Å²) in [6, 6.07) is 17.3. The van der Waals surface area contributed by atoms with Crippen LogP contribution < -0.4 is 15.0 Å². The van der Waals surface area contributed by atoms with Crippen molar-refractivity contribution in [2.24, 2.45) is 0 Å². The topological polar surface area (TPSA) is 83.5 Å². The monoisotopic (exact) mass is 411 g/mol. The summed E-state index contributed by atoms with van der Waals surface area (Å²) in [7, 11) is 0. The van der Waals surface area contributed by atoms with Crippen molar-refractivity contribution < 1.29 is 9.47 Å². The van der Waals surface area contributed by atoms with E-state index in [1.54, 1.807) is 21.5 Å². The highest BCUT2D eigenvalue weighted by Crippen LogP contribution is 2.31. The molecule has 0 atom stereocenters. The lowest BCUT2D eigenvalue weighted by Gasteiger charge is -2.19. The van der Waals surface area contributed by atoms with E-state index in [9.17, 15) is 4.79 Å². The number of benzene rings is 2. The van der Waals surface area contributed by atoms with Crippen molar-refractivity contribution in [1.82, 2.24) is 24.1 Å². The van der Waals surface area contributed by atoms with Gasteiger partial charge in [0.1, 0.15) is 13.2 Å². The van der Waals surface area contributed by atoms with Gasteiger partial charge in [0.25, 0.3) is 11.3 Å². The third-order valence-electron chi connectivity index (χ3n) is 5.30. The Bertz CT molecular complexity index is 1490. The van der Waals surface area contributed by atoms with Gasteiger partial charge in [-0.25, -0.2) is 4.98 Å². The fraction of sp³-hybridized carbons (Fsp3) is 0.130. The van der Waals surface area contributed by atoms with Gasteiger partial charge >= 0.3 is 0 Å². The van der Waals surface area contributed by atoms with E-state index in [-0.39, 0.29) is 5.56 Å². The molecule has 1 aliphatic rings. The van der Waals surface area contributed by atoms with Crippen LogP contribution in [0.4, 0.5) is 0 Å². The van der Waals surface area contributed by atoms with Crippen LogP contribution in [0.3, 0.4) is 0 Å². The Labute approximate surface area is 176 Å². The van der Waals surface area contributed by atoms with Crippen molar-refractivity contribution >= 4 is 16.7 Å². The first-order chi connectivity index (χ1) is 15.3. The third kappa shape index (κ3) is 3.00. The number of pyridine rings is 1. The molecule has 0 radical (unpaired) electrons. The molecule has 8 heteroatoms. The van der Waals surface area contributed by atoms with Gasteiger partial charge < -0.3 is 14.0 Å². The average Bonchev–Trinajstić information content (AvgIpc) is 3.26. The van der Waals surface area contributed by atoms with Crippen LogP contribution in [0.25, 0.3) is 28.1 Å². The van der Waals surface area contributed by atoms with Crippen LogP contribution in [-0.2, 0) is 6.54 Å². The van der Waals surface area contributed by atoms with Crippen molar-refractivity contribution in [1.29, 1.82) is 0 Å². The number of hydrogen-bond donors (Lipinski definition) is 0. The number of rotatable bonds is 3. The number of aromatic nitrogens is 5. The molecule has 0 spiro atoms. The van der Waals surface area contributed by atoms with Crippen LogP contribution in [0, 0.1) is 0 Å². The molecule has 0 fully saturated rings. The molecule has 0 N–H and O–H groups in total. The van der Waals surface area contributed by atoms with Crippen LogP contribution >= 0.6 is 0 Å². The maximum atomic E-state index is 13.1. The molecule has 152 valence electrons. The predicted molar refractivity (Wildman–Crippen MR) is 115 cm³/mol. The number of nitrogens with zero attached hydrogens (tertiary/aromatic N) is 5. The Balaban J connectivity index is 1.41. The standard InChI is InChI=1S/C23H17N5O3/c29-22-17-13-24-23-25-21(16-4-2-1-3-5-16)26-28(23)18(17)8-9-27(22)14-15-6-7-19-20(12-15)31-11-10-30-19/h1-9,12-13H,10-11,14H2. The van der Waals surface area contributed by atoms with Crippen LogP contribution in [0.1, 0.15) is 5.56 Å². The molecule has 6 rings (SSSR count). The summed E-state index contributed by atoms with van der Waals surface area (Å²) in [5, 5.41) is 5.06. The van der Waals surface area contributed by atoms with Gasteiger partial charge in [-0.05, 0) is 23.8 Å². The lowest BCUT2D eigenvalue weighted by Crippen LogP contribution is -2.21. The summed E-state index contributed by atoms with van der Waals surface area (Å²) in [6.45, 7) is 1.49. The molecule has 4 heterocycles. The second-order valence-electron chi connectivity index (χ2n) is 7.30. The zero-order chi connectivity index (χ0) is 20.8. The third-order valence-corrected chi connectivity index (χ3v) is 5.30. The molecule has 0 bridgehead atoms. The Kier molecular flexibility index (Phi) is 3.95. The molecule has 2 aromatic carbocycles. The van der Waals surface area contributed by atoms with Gasteiger partial charge in [0.15, 0.2) is 17.3 Å². The number of ether oxygens (including phenoxy) is 2. The molecule has 0 saturated carbocycles. The fourth-order valence-corrected chi connectivity index (χ4v) is 3.78. The van der Waals surface area contributed by atoms with E-state index in [2.05, 4.69) is 15.1 Å². The van der Waals surface area contributed by atoms with Crippen molar-refractivity contribution in [3.63, 3.8) is 0 Å². The van der Waals surface area contributed by atoms with E-state index in [0.717, 1.165) is 16.9 Å². The SMILES string of the molecule is O=c1c2cnc3nc(-c4ccccc4)nn3c2ccn1Cc1ccc2c(c1)OCCO2. The quantitative estimate of drug-likeness (QED) is 0.454. The highest BCUT2D eigenvalue weighted by molar-refractivity contribution is 5.79. The van der Waals surface area contributed by atoms with Crippen molar-refractivity contribution in [2.75, 3.05) is 13.2 Å². The first-order valence-corrected chi connectivity index (χ1v) is 9.95. The Morgan fingerprint density at radius 2 is 1.81 bits per heavy atom. The number of hydrogen-bond acceptors (Lipinski definition) is 6. The summed E-state index contributed by atoms with van der Waals surface area (Å²) < 4.78 is 14.5. The molecule has 0 unspecified atom stereocenters. The fourth-order valence-electron chi connectivity index (χ4n) is 3.78. The maximum absolute atomic E-state index is 13.1. The molecule has 31 heavy (non-hydrogen) atoms. The molecule has 0 aliphatic carbocycles. The minimum atomic E-state index is -0.140. The van der Waals surface area contributed by atoms with Gasteiger partial charge in [0.2, 0.25) is 0 Å². The van der Waals surface area contributed by atoms with Gasteiger partial charge in [-0.2, -0.15) is 9.50 Å². The Morgan fingerprint density at radius 1 is 0.968 bits per heavy atom. The largest absolute Gasteiger partial charge is 0.486 e. The summed E-state index contributed by atoms with van der Waals surface area (Å²) in [6.07, 6.45) is 3.33. The summed E-state index contributed by atoms with van der Waals surface area (Å²) in [5.74, 6) is 2.46. The Morgan fingerprint density at radius 3 is 2.68 bits per heavy atom. The van der Waals surface area contributed by atoms with Gasteiger partial charge in [-0.1, -0.05) is 36.4 Å². The van der Waals surface area contributed by atoms with Crippen LogP contribution in [0.15, 0.2) is 71.8 Å². The van der Waals surface area contributed by atoms with Gasteiger partial charge in [-0.15, -0.1) is 5.10 Å². The lowest BCUT2D eigenvalue weighted by molar-refractivity contribution is 0.171. The second kappa shape index (κ2) is 6.94. The summed E-state index contributed by atoms with van der Waals surface area (Å²) in [4.78, 5) is 22.0. The van der Waals surface area contributed by atoms with Crippen molar-refractivity contribution in [3.05, 3.63) is 82.9 Å². The molecule has 3 aromatic heterocycles. The number of fused-ring (bicyclic) bond motifs is 4. The highest BCUT2D eigenvalue weighted by atomic mass is 16.6. The zero-order valence-electron chi connectivity index (χ0n) is 16.4. The van der Waals surface area contributed by atoms with Crippen LogP contribution in [-0.4, -0.2) is 37.4 Å². The maximum Gasteiger partial charge on any atom is 0.261 e. The van der Waals surface area contributed by atoms with Crippen molar-refractivity contribution in [3.8, 4) is 22.9 Å². The average molecular weight is 411 g/mol. The van der Waals surface area contributed by atoms with Gasteiger partial charge in [-0.3, -0.25) is 4.79 Å². The van der Waals surface area contributed by atoms with E-state index >= 15 is 0 Å². The van der Waals surface area contributed by atoms with E-state index in [1.165, 1.54) is 0 Å². The summed E-state index contributed by atoms with van der Waals surface area (Å²) >= 11 is 0. The zero-order valence-corrected chi connectivity index (χ0v) is 16.4. The normalized spacial score (nSPS) is 13.0. The van der Waals surface area contributed by atoms with Crippen LogP contribution in [0.5, 0.6) is 11.5 Å². The first kappa shape index (κ1) is 17.6.